The van der Waals surface area contributed by atoms with Crippen LogP contribution in [-0.2, 0) is 19.7 Å². The quantitative estimate of drug-likeness (QED) is 0.278. The van der Waals surface area contributed by atoms with E-state index >= 15 is 0 Å². The van der Waals surface area contributed by atoms with Gasteiger partial charge in [0.25, 0.3) is 5.91 Å². The molecule has 1 saturated heterocycles. The number of morpholine rings is 1. The number of ether oxygens (including phenoxy) is 2. The Labute approximate surface area is 256 Å². The van der Waals surface area contributed by atoms with Crippen molar-refractivity contribution in [3.05, 3.63) is 35.9 Å². The smallest absolute Gasteiger partial charge is 0.272 e. The van der Waals surface area contributed by atoms with Crippen LogP contribution in [-0.4, -0.2) is 105 Å². The zero-order valence-electron chi connectivity index (χ0n) is 24.0. The van der Waals surface area contributed by atoms with Crippen LogP contribution in [0.4, 0.5) is 17.2 Å². The van der Waals surface area contributed by atoms with Gasteiger partial charge in [0.05, 0.1) is 60.8 Å². The van der Waals surface area contributed by atoms with Crippen molar-refractivity contribution >= 4 is 58.5 Å². The maximum atomic E-state index is 13.3. The maximum absolute atomic E-state index is 13.3. The van der Waals surface area contributed by atoms with Crippen LogP contribution in [0, 0.1) is 5.92 Å². The summed E-state index contributed by atoms with van der Waals surface area (Å²) in [4.78, 5) is 45.0. The summed E-state index contributed by atoms with van der Waals surface area (Å²) in [5.74, 6) is -0.254. The number of para-hydroxylation sites is 1. The van der Waals surface area contributed by atoms with E-state index in [1.54, 1.807) is 23.1 Å². The van der Waals surface area contributed by atoms with Crippen LogP contribution in [0.5, 0.6) is 5.75 Å². The average molecular weight is 592 g/mol. The Morgan fingerprint density at radius 1 is 1.09 bits per heavy atom. The standard InChI is InChI=1S/C27H27B3N8O6/c1-42-20-15(21-33-24(44-37-21)26(7-8-26)25(41)38-9-11-43-12-10-38)3-2-4-16(20)31-17-13-18(32-22(39)14-5-6-14)35-36-19(17)23(40)34-27(28,29)30/h2-4,13-14H,5-12H2,1H3,(H,34,40)(H2,31,32,35,39). The minimum atomic E-state index is -2.02. The van der Waals surface area contributed by atoms with Crippen molar-refractivity contribution < 1.29 is 28.4 Å². The molecule has 220 valence electrons. The van der Waals surface area contributed by atoms with Crippen molar-refractivity contribution in [2.24, 2.45) is 5.92 Å². The van der Waals surface area contributed by atoms with Crippen molar-refractivity contribution in [1.82, 2.24) is 30.6 Å². The molecule has 3 aromatic rings. The van der Waals surface area contributed by atoms with Gasteiger partial charge in [-0.2, -0.15) is 4.98 Å². The van der Waals surface area contributed by atoms with Crippen LogP contribution < -0.4 is 20.7 Å². The Balaban J connectivity index is 1.30. The highest BCUT2D eigenvalue weighted by molar-refractivity contribution is 6.60. The molecule has 3 aliphatic rings. The normalized spacial score (nSPS) is 17.4. The second-order valence-electron chi connectivity index (χ2n) is 11.1. The molecular formula is C27H27B3N8O6. The number of aromatic nitrogens is 4. The summed E-state index contributed by atoms with van der Waals surface area (Å²) in [5, 5.41) is 18.2. The van der Waals surface area contributed by atoms with E-state index in [-0.39, 0.29) is 46.6 Å². The zero-order valence-corrected chi connectivity index (χ0v) is 24.0. The van der Waals surface area contributed by atoms with Crippen molar-refractivity contribution in [3.63, 3.8) is 0 Å². The van der Waals surface area contributed by atoms with Crippen LogP contribution in [0.1, 0.15) is 42.1 Å². The minimum absolute atomic E-state index is 0.0459. The molecule has 44 heavy (non-hydrogen) atoms. The molecule has 1 aliphatic heterocycles. The van der Waals surface area contributed by atoms with Gasteiger partial charge in [0, 0.05) is 25.1 Å². The number of methoxy groups -OCH3 is 1. The van der Waals surface area contributed by atoms with E-state index in [1.807, 2.05) is 0 Å². The largest absolute Gasteiger partial charge is 0.494 e. The number of carbonyl (C=O) groups is 3. The van der Waals surface area contributed by atoms with Crippen LogP contribution in [0.2, 0.25) is 0 Å². The number of rotatable bonds is 10. The minimum Gasteiger partial charge on any atom is -0.494 e. The lowest BCUT2D eigenvalue weighted by Crippen LogP contribution is -2.50. The first-order chi connectivity index (χ1) is 21.1. The number of nitrogens with zero attached hydrogens (tertiary/aromatic N) is 5. The van der Waals surface area contributed by atoms with Gasteiger partial charge in [0.1, 0.15) is 5.41 Å². The molecule has 0 bridgehead atoms. The Hall–Kier alpha value is -4.40. The Kier molecular flexibility index (Phi) is 7.82. The molecule has 1 aromatic carbocycles. The van der Waals surface area contributed by atoms with Gasteiger partial charge >= 0.3 is 0 Å². The van der Waals surface area contributed by atoms with Gasteiger partial charge < -0.3 is 34.8 Å². The Morgan fingerprint density at radius 2 is 1.84 bits per heavy atom. The van der Waals surface area contributed by atoms with Crippen molar-refractivity contribution in [3.8, 4) is 17.1 Å². The number of nitrogens with one attached hydrogen (secondary N) is 3. The molecule has 3 N–H and O–H groups in total. The molecule has 6 rings (SSSR count). The molecule has 6 radical (unpaired) electrons. The van der Waals surface area contributed by atoms with Crippen LogP contribution in [0.3, 0.4) is 0 Å². The number of carbonyl (C=O) groups excluding carboxylic acids is 3. The van der Waals surface area contributed by atoms with Gasteiger partial charge in [-0.05, 0) is 37.8 Å². The summed E-state index contributed by atoms with van der Waals surface area (Å²) in [5.41, 5.74) is -0.0515. The van der Waals surface area contributed by atoms with Crippen LogP contribution >= 0.6 is 0 Å². The van der Waals surface area contributed by atoms with Gasteiger partial charge in [-0.25, -0.2) is 0 Å². The fraction of sp³-hybridized carbons (Fsp3) is 0.444. The van der Waals surface area contributed by atoms with E-state index in [9.17, 15) is 14.4 Å². The Bertz CT molecular complexity index is 1600. The monoisotopic (exact) mass is 592 g/mol. The fourth-order valence-electron chi connectivity index (χ4n) is 4.96. The molecule has 0 atom stereocenters. The lowest BCUT2D eigenvalue weighted by Gasteiger charge is -2.29. The molecule has 3 amide bonds. The van der Waals surface area contributed by atoms with Crippen LogP contribution in [0.25, 0.3) is 11.4 Å². The fourth-order valence-corrected chi connectivity index (χ4v) is 4.96. The van der Waals surface area contributed by atoms with Gasteiger partial charge in [0.2, 0.25) is 23.5 Å². The first-order valence-electron chi connectivity index (χ1n) is 14.1. The topological polar surface area (TPSA) is 174 Å². The second kappa shape index (κ2) is 11.6. The van der Waals surface area contributed by atoms with E-state index in [1.165, 1.54) is 13.2 Å². The predicted molar refractivity (Wildman–Crippen MR) is 159 cm³/mol. The molecule has 2 aromatic heterocycles. The molecule has 14 nitrogen and oxygen atoms in total. The first-order valence-corrected chi connectivity index (χ1v) is 14.1. The summed E-state index contributed by atoms with van der Waals surface area (Å²) < 4.78 is 16.7. The van der Waals surface area contributed by atoms with E-state index < -0.39 is 16.6 Å². The molecule has 17 heteroatoms. The van der Waals surface area contributed by atoms with Crippen molar-refractivity contribution in [1.29, 1.82) is 0 Å². The van der Waals surface area contributed by atoms with Crippen molar-refractivity contribution in [2.75, 3.05) is 44.0 Å². The third-order valence-corrected chi connectivity index (χ3v) is 7.56. The highest BCUT2D eigenvalue weighted by Crippen LogP contribution is 2.50. The first kappa shape index (κ1) is 29.7. The Morgan fingerprint density at radius 3 is 2.50 bits per heavy atom. The third kappa shape index (κ3) is 6.14. The SMILES string of the molecule is [B]C([B])([B])NC(=O)c1nnc(NC(=O)C2CC2)cc1Nc1cccc(-c2noc(C3(C(=O)N4CCOCC4)CC3)n2)c1OC. The molecule has 3 fully saturated rings. The van der Waals surface area contributed by atoms with E-state index in [0.717, 1.165) is 12.8 Å². The van der Waals surface area contributed by atoms with Gasteiger partial charge in [-0.3, -0.25) is 14.4 Å². The molecule has 2 saturated carbocycles. The molecule has 0 unspecified atom stereocenters. The van der Waals surface area contributed by atoms with Gasteiger partial charge in [0.15, 0.2) is 17.3 Å². The lowest BCUT2D eigenvalue weighted by atomic mass is 9.49. The molecule has 2 aliphatic carbocycles. The number of amides is 3. The number of anilines is 3. The van der Waals surface area contributed by atoms with E-state index in [2.05, 4.69) is 36.3 Å². The zero-order chi connectivity index (χ0) is 31.1. The summed E-state index contributed by atoms with van der Waals surface area (Å²) in [6.07, 6.45) is 2.80. The summed E-state index contributed by atoms with van der Waals surface area (Å²) >= 11 is 0. The second-order valence-corrected chi connectivity index (χ2v) is 11.1. The third-order valence-electron chi connectivity index (χ3n) is 7.56. The number of hydrogen-bond donors (Lipinski definition) is 3. The number of benzene rings is 1. The average Bonchev–Trinajstić information content (AvgIpc) is 3.94. The summed E-state index contributed by atoms with van der Waals surface area (Å²) in [6, 6.07) is 6.58. The highest BCUT2D eigenvalue weighted by atomic mass is 16.5. The van der Waals surface area contributed by atoms with Crippen LogP contribution in [0.15, 0.2) is 28.8 Å². The molecular weight excluding hydrogens is 565 g/mol. The van der Waals surface area contributed by atoms with E-state index in [4.69, 9.17) is 37.5 Å². The summed E-state index contributed by atoms with van der Waals surface area (Å²) in [6.45, 7) is 2.01. The van der Waals surface area contributed by atoms with Gasteiger partial charge in [-0.1, -0.05) is 16.5 Å². The molecule has 0 spiro atoms. The predicted octanol–water partition coefficient (Wildman–Crippen LogP) is 0.364. The van der Waals surface area contributed by atoms with E-state index in [0.29, 0.717) is 56.1 Å². The molecule has 3 heterocycles. The summed E-state index contributed by atoms with van der Waals surface area (Å²) in [7, 11) is 18.2. The van der Waals surface area contributed by atoms with Gasteiger partial charge in [-0.15, -0.1) is 10.2 Å². The maximum Gasteiger partial charge on any atom is 0.272 e. The highest BCUT2D eigenvalue weighted by Gasteiger charge is 2.58. The van der Waals surface area contributed by atoms with Crippen molar-refractivity contribution in [2.45, 2.75) is 36.3 Å². The number of hydrogen-bond acceptors (Lipinski definition) is 11. The lowest BCUT2D eigenvalue weighted by molar-refractivity contribution is -0.138.